The molecule has 1 saturated heterocycles. The highest BCUT2D eigenvalue weighted by atomic mass is 79.9. The minimum Gasteiger partial charge on any atom is -0.492 e. The molecule has 2 heterocycles. The lowest BCUT2D eigenvalue weighted by atomic mass is 9.80. The zero-order chi connectivity index (χ0) is 20.9. The van der Waals surface area contributed by atoms with Gasteiger partial charge in [0.1, 0.15) is 11.6 Å². The van der Waals surface area contributed by atoms with Crippen LogP contribution in [0.4, 0.5) is 4.39 Å². The van der Waals surface area contributed by atoms with E-state index in [0.29, 0.717) is 24.2 Å². The Morgan fingerprint density at radius 2 is 1.90 bits per heavy atom. The number of benzene rings is 2. The fourth-order valence-electron chi connectivity index (χ4n) is 4.42. The third-order valence-corrected chi connectivity index (χ3v) is 6.69. The van der Waals surface area contributed by atoms with Crippen molar-refractivity contribution in [2.45, 2.75) is 38.5 Å². The highest BCUT2D eigenvalue weighted by Gasteiger charge is 2.31. The van der Waals surface area contributed by atoms with Crippen molar-refractivity contribution in [3.8, 4) is 17.2 Å². The van der Waals surface area contributed by atoms with Gasteiger partial charge in [0.25, 0.3) is 0 Å². The molecule has 0 aliphatic carbocycles. The van der Waals surface area contributed by atoms with Crippen LogP contribution < -0.4 is 14.2 Å². The molecule has 0 aromatic heterocycles. The highest BCUT2D eigenvalue weighted by Crippen LogP contribution is 2.41. The Hall–Kier alpha value is -1.79. The Kier molecular flexibility index (Phi) is 7.16. The van der Waals surface area contributed by atoms with Gasteiger partial charge in [-0.15, -0.1) is 0 Å². The van der Waals surface area contributed by atoms with Crippen molar-refractivity contribution in [2.24, 2.45) is 5.92 Å². The molecule has 4 nitrogen and oxygen atoms in total. The monoisotopic (exact) mass is 477 g/mol. The first-order valence-electron chi connectivity index (χ1n) is 10.8. The van der Waals surface area contributed by atoms with Crippen LogP contribution in [-0.4, -0.2) is 37.9 Å². The number of unbranched alkanes of at least 4 members (excludes halogenated alkanes) is 2. The molecule has 4 rings (SSSR count). The summed E-state index contributed by atoms with van der Waals surface area (Å²) in [4.78, 5) is 2.55. The molecule has 0 bridgehead atoms. The summed E-state index contributed by atoms with van der Waals surface area (Å²) in [6.45, 7) is 6.29. The maximum Gasteiger partial charge on any atom is 0.231 e. The lowest BCUT2D eigenvalue weighted by molar-refractivity contribution is 0.109. The van der Waals surface area contributed by atoms with Gasteiger partial charge in [-0.05, 0) is 65.5 Å². The predicted octanol–water partition coefficient (Wildman–Crippen LogP) is 5.99. The number of piperidine rings is 1. The lowest BCUT2D eigenvalue weighted by Gasteiger charge is -2.39. The predicted molar refractivity (Wildman–Crippen MR) is 119 cm³/mol. The van der Waals surface area contributed by atoms with E-state index in [2.05, 4.69) is 27.8 Å². The van der Waals surface area contributed by atoms with Gasteiger partial charge in [-0.25, -0.2) is 4.39 Å². The number of likely N-dealkylation sites (tertiary alicyclic amines) is 1. The van der Waals surface area contributed by atoms with Crippen LogP contribution in [0.15, 0.2) is 40.9 Å². The minimum atomic E-state index is -0.187. The summed E-state index contributed by atoms with van der Waals surface area (Å²) in [6.07, 6.45) is 4.80. The number of nitrogens with zero attached hydrogens (tertiary/aromatic N) is 1. The summed E-state index contributed by atoms with van der Waals surface area (Å²) >= 11 is 3.58. The number of fused-ring (bicyclic) bond motifs is 1. The van der Waals surface area contributed by atoms with E-state index in [9.17, 15) is 4.39 Å². The molecule has 30 heavy (non-hydrogen) atoms. The Morgan fingerprint density at radius 1 is 1.13 bits per heavy atom. The van der Waals surface area contributed by atoms with Gasteiger partial charge in [0.15, 0.2) is 11.5 Å². The van der Waals surface area contributed by atoms with Crippen LogP contribution >= 0.6 is 15.9 Å². The average Bonchev–Trinajstić information content (AvgIpc) is 3.20. The molecule has 6 heteroatoms. The number of hydrogen-bond donors (Lipinski definition) is 0. The molecule has 0 amide bonds. The van der Waals surface area contributed by atoms with Crippen molar-refractivity contribution in [2.75, 3.05) is 33.0 Å². The van der Waals surface area contributed by atoms with Gasteiger partial charge >= 0.3 is 0 Å². The summed E-state index contributed by atoms with van der Waals surface area (Å²) in [5, 5.41) is 0. The number of rotatable bonds is 8. The van der Waals surface area contributed by atoms with Crippen molar-refractivity contribution in [1.29, 1.82) is 0 Å². The molecule has 2 atom stereocenters. The quantitative estimate of drug-likeness (QED) is 0.436. The second-order valence-electron chi connectivity index (χ2n) is 8.16. The molecule has 162 valence electrons. The summed E-state index contributed by atoms with van der Waals surface area (Å²) in [5.74, 6) is 2.73. The molecule has 0 radical (unpaired) electrons. The van der Waals surface area contributed by atoms with E-state index in [4.69, 9.17) is 14.2 Å². The van der Waals surface area contributed by atoms with E-state index >= 15 is 0 Å². The molecular formula is C24H29BrFNO3. The van der Waals surface area contributed by atoms with Crippen molar-refractivity contribution >= 4 is 15.9 Å². The first-order valence-corrected chi connectivity index (χ1v) is 11.6. The summed E-state index contributed by atoms with van der Waals surface area (Å²) in [7, 11) is 0. The first kappa shape index (κ1) is 21.4. The lowest BCUT2D eigenvalue weighted by Crippen LogP contribution is -2.42. The van der Waals surface area contributed by atoms with Crippen LogP contribution in [0, 0.1) is 11.7 Å². The first-order chi connectivity index (χ1) is 14.6. The second kappa shape index (κ2) is 10.0. The SMILES string of the molecule is CCCCCN1CC[C@@H](c2ccc(F)cc2)[C@H](COc2cc3c(cc2Br)OCO3)C1. The Labute approximate surface area is 186 Å². The van der Waals surface area contributed by atoms with Crippen LogP contribution in [0.3, 0.4) is 0 Å². The van der Waals surface area contributed by atoms with E-state index in [-0.39, 0.29) is 12.6 Å². The van der Waals surface area contributed by atoms with Crippen molar-refractivity contribution < 1.29 is 18.6 Å². The van der Waals surface area contributed by atoms with E-state index in [1.165, 1.54) is 24.8 Å². The molecule has 2 aliphatic heterocycles. The molecule has 0 saturated carbocycles. The smallest absolute Gasteiger partial charge is 0.231 e. The maximum absolute atomic E-state index is 13.4. The molecule has 1 fully saturated rings. The standard InChI is InChI=1S/C24H29BrFNO3/c1-2-3-4-10-27-11-9-20(17-5-7-19(26)8-6-17)18(14-27)15-28-22-13-24-23(12-21(22)25)29-16-30-24/h5-8,12-13,18,20H,2-4,9-11,14-16H2,1H3/t18-,20-/m0/s1. The number of hydrogen-bond acceptors (Lipinski definition) is 4. The van der Waals surface area contributed by atoms with Gasteiger partial charge < -0.3 is 19.1 Å². The molecule has 0 unspecified atom stereocenters. The van der Waals surface area contributed by atoms with Crippen molar-refractivity contribution in [1.82, 2.24) is 4.90 Å². The molecule has 0 spiro atoms. The van der Waals surface area contributed by atoms with Crippen molar-refractivity contribution in [3.05, 3.63) is 52.3 Å². The van der Waals surface area contributed by atoms with Gasteiger partial charge in [0, 0.05) is 24.6 Å². The Morgan fingerprint density at radius 3 is 2.67 bits per heavy atom. The zero-order valence-corrected chi connectivity index (χ0v) is 19.0. The van der Waals surface area contributed by atoms with Gasteiger partial charge in [-0.3, -0.25) is 0 Å². The van der Waals surface area contributed by atoms with Crippen LogP contribution in [-0.2, 0) is 0 Å². The number of ether oxygens (including phenoxy) is 3. The number of halogens is 2. The fourth-order valence-corrected chi connectivity index (χ4v) is 4.86. The van der Waals surface area contributed by atoms with Crippen molar-refractivity contribution in [3.63, 3.8) is 0 Å². The average molecular weight is 478 g/mol. The largest absolute Gasteiger partial charge is 0.492 e. The van der Waals surface area contributed by atoms with Crippen LogP contribution in [0.2, 0.25) is 0 Å². The van der Waals surface area contributed by atoms with E-state index < -0.39 is 0 Å². The Bertz CT molecular complexity index is 845. The normalized spacial score (nSPS) is 21.0. The van der Waals surface area contributed by atoms with Crippen LogP contribution in [0.5, 0.6) is 17.2 Å². The molecule has 2 aliphatic rings. The minimum absolute atomic E-state index is 0.187. The second-order valence-corrected chi connectivity index (χ2v) is 9.02. The molecule has 0 N–H and O–H groups in total. The Balaban J connectivity index is 1.47. The third-order valence-electron chi connectivity index (χ3n) is 6.07. The van der Waals surface area contributed by atoms with E-state index in [1.807, 2.05) is 24.3 Å². The van der Waals surface area contributed by atoms with Crippen LogP contribution in [0.1, 0.15) is 44.1 Å². The molecular weight excluding hydrogens is 449 g/mol. The van der Waals surface area contributed by atoms with E-state index in [1.54, 1.807) is 12.1 Å². The zero-order valence-electron chi connectivity index (χ0n) is 17.4. The van der Waals surface area contributed by atoms with E-state index in [0.717, 1.165) is 42.0 Å². The summed E-state index contributed by atoms with van der Waals surface area (Å²) < 4.78 is 31.5. The summed E-state index contributed by atoms with van der Waals surface area (Å²) in [6, 6.07) is 10.8. The maximum atomic E-state index is 13.4. The van der Waals surface area contributed by atoms with Gasteiger partial charge in [0.2, 0.25) is 6.79 Å². The van der Waals surface area contributed by atoms with Gasteiger partial charge in [0.05, 0.1) is 11.1 Å². The van der Waals surface area contributed by atoms with Gasteiger partial charge in [-0.2, -0.15) is 0 Å². The highest BCUT2D eigenvalue weighted by molar-refractivity contribution is 9.10. The fraction of sp³-hybridized carbons (Fsp3) is 0.500. The third kappa shape index (κ3) is 5.09. The topological polar surface area (TPSA) is 30.9 Å². The van der Waals surface area contributed by atoms with Gasteiger partial charge in [-0.1, -0.05) is 31.9 Å². The molecule has 2 aromatic carbocycles. The summed E-state index contributed by atoms with van der Waals surface area (Å²) in [5.41, 5.74) is 1.20. The van der Waals surface area contributed by atoms with Crippen LogP contribution in [0.25, 0.3) is 0 Å². The molecule has 2 aromatic rings.